The van der Waals surface area contributed by atoms with Crippen molar-refractivity contribution in [3.05, 3.63) is 69.8 Å². The summed E-state index contributed by atoms with van der Waals surface area (Å²) in [7, 11) is 1.56. The number of carbonyl (C=O) groups is 1. The quantitative estimate of drug-likeness (QED) is 0.676. The average Bonchev–Trinajstić information content (AvgIpc) is 2.52. The number of nitro benzene ring substituents is 1. The second-order valence-electron chi connectivity index (χ2n) is 4.32. The van der Waals surface area contributed by atoms with E-state index < -0.39 is 4.92 Å². The highest BCUT2D eigenvalue weighted by Crippen LogP contribution is 2.20. The zero-order valence-corrected chi connectivity index (χ0v) is 11.4. The molecule has 0 aliphatic heterocycles. The Morgan fingerprint density at radius 3 is 2.71 bits per heavy atom. The molecular weight excluding hydrogens is 272 g/mol. The summed E-state index contributed by atoms with van der Waals surface area (Å²) in [4.78, 5) is 21.7. The summed E-state index contributed by atoms with van der Waals surface area (Å²) in [6.07, 6.45) is 0. The van der Waals surface area contributed by atoms with Gasteiger partial charge in [-0.15, -0.1) is 0 Å². The lowest BCUT2D eigenvalue weighted by Crippen LogP contribution is -2.17. The number of nitrogens with one attached hydrogen (secondary N) is 1. The van der Waals surface area contributed by atoms with Gasteiger partial charge in [-0.25, -0.2) is 0 Å². The molecule has 108 valence electrons. The maximum Gasteiger partial charge on any atom is 0.273 e. The maximum absolute atomic E-state index is 11.5. The van der Waals surface area contributed by atoms with Gasteiger partial charge in [0.05, 0.1) is 11.0 Å². The number of hydrogen-bond donors (Lipinski definition) is 1. The van der Waals surface area contributed by atoms with Gasteiger partial charge < -0.3 is 10.1 Å². The fraction of sp³-hybridized carbons (Fsp3) is 0.133. The molecule has 0 atom stereocenters. The van der Waals surface area contributed by atoms with E-state index in [9.17, 15) is 14.9 Å². The first-order valence-electron chi connectivity index (χ1n) is 6.28. The number of amides is 1. The first kappa shape index (κ1) is 14.5. The zero-order valence-electron chi connectivity index (χ0n) is 11.4. The van der Waals surface area contributed by atoms with Crippen molar-refractivity contribution in [1.82, 2.24) is 5.32 Å². The van der Waals surface area contributed by atoms with Crippen LogP contribution in [0.3, 0.4) is 0 Å². The average molecular weight is 286 g/mol. The first-order valence-corrected chi connectivity index (χ1v) is 6.28. The fourth-order valence-corrected chi connectivity index (χ4v) is 1.80. The summed E-state index contributed by atoms with van der Waals surface area (Å²) in [5, 5.41) is 13.2. The molecule has 6 nitrogen and oxygen atoms in total. The van der Waals surface area contributed by atoms with Gasteiger partial charge in [-0.2, -0.15) is 0 Å². The number of nitrogens with zero attached hydrogens (tertiary/aromatic N) is 1. The number of nitro groups is 1. The molecule has 0 bridgehead atoms. The number of non-ortho nitro benzene ring substituents is 1. The van der Waals surface area contributed by atoms with Crippen LogP contribution in [-0.2, 0) is 6.61 Å². The van der Waals surface area contributed by atoms with Crippen LogP contribution in [0.25, 0.3) is 0 Å². The third kappa shape index (κ3) is 3.79. The van der Waals surface area contributed by atoms with Crippen LogP contribution in [0.2, 0.25) is 0 Å². The van der Waals surface area contributed by atoms with Gasteiger partial charge in [0, 0.05) is 18.7 Å². The van der Waals surface area contributed by atoms with Crippen LogP contribution in [0.4, 0.5) is 5.69 Å². The van der Waals surface area contributed by atoms with E-state index in [-0.39, 0.29) is 18.2 Å². The van der Waals surface area contributed by atoms with E-state index in [1.54, 1.807) is 37.4 Å². The molecule has 0 heterocycles. The Hall–Kier alpha value is -2.89. The lowest BCUT2D eigenvalue weighted by atomic mass is 10.1. The molecule has 0 spiro atoms. The molecule has 0 aliphatic rings. The molecule has 2 aromatic carbocycles. The van der Waals surface area contributed by atoms with E-state index in [4.69, 9.17) is 4.74 Å². The number of carbonyl (C=O) groups excluding carboxylic acids is 1. The highest BCUT2D eigenvalue weighted by molar-refractivity contribution is 5.94. The third-order valence-corrected chi connectivity index (χ3v) is 2.85. The lowest BCUT2D eigenvalue weighted by Gasteiger charge is -2.07. The standard InChI is InChI=1S/C15H14N2O4/c1-16-15(18)12-5-2-4-11(8-12)10-21-14-7-3-6-13(9-14)17(19)20/h2-9H,10H2,1H3,(H,16,18). The summed E-state index contributed by atoms with van der Waals surface area (Å²) < 4.78 is 5.52. The van der Waals surface area contributed by atoms with Gasteiger partial charge in [-0.05, 0) is 23.8 Å². The summed E-state index contributed by atoms with van der Waals surface area (Å²) in [6, 6.07) is 13.0. The molecule has 0 fully saturated rings. The van der Waals surface area contributed by atoms with E-state index in [1.807, 2.05) is 6.07 Å². The molecule has 21 heavy (non-hydrogen) atoms. The Labute approximate surface area is 121 Å². The van der Waals surface area contributed by atoms with Crippen molar-refractivity contribution in [1.29, 1.82) is 0 Å². The van der Waals surface area contributed by atoms with Crippen LogP contribution in [0.15, 0.2) is 48.5 Å². The van der Waals surface area contributed by atoms with Gasteiger partial charge in [0.25, 0.3) is 11.6 Å². The van der Waals surface area contributed by atoms with Crippen LogP contribution < -0.4 is 10.1 Å². The number of rotatable bonds is 5. The second kappa shape index (κ2) is 6.51. The molecule has 0 aliphatic carbocycles. The summed E-state index contributed by atoms with van der Waals surface area (Å²) in [6.45, 7) is 0.228. The summed E-state index contributed by atoms with van der Waals surface area (Å²) in [5.41, 5.74) is 1.33. The van der Waals surface area contributed by atoms with Crippen LogP contribution in [-0.4, -0.2) is 17.9 Å². The van der Waals surface area contributed by atoms with Crippen LogP contribution >= 0.6 is 0 Å². The first-order chi connectivity index (χ1) is 10.1. The van der Waals surface area contributed by atoms with Gasteiger partial charge in [-0.3, -0.25) is 14.9 Å². The molecule has 0 unspecified atom stereocenters. The molecule has 0 saturated carbocycles. The Morgan fingerprint density at radius 1 is 1.24 bits per heavy atom. The number of hydrogen-bond acceptors (Lipinski definition) is 4. The van der Waals surface area contributed by atoms with Gasteiger partial charge in [-0.1, -0.05) is 18.2 Å². The lowest BCUT2D eigenvalue weighted by molar-refractivity contribution is -0.384. The molecule has 0 saturated heterocycles. The van der Waals surface area contributed by atoms with Crippen molar-refractivity contribution in [3.8, 4) is 5.75 Å². The van der Waals surface area contributed by atoms with Crippen LogP contribution in [0.1, 0.15) is 15.9 Å². The predicted molar refractivity (Wildman–Crippen MR) is 77.3 cm³/mol. The van der Waals surface area contributed by atoms with Gasteiger partial charge in [0.15, 0.2) is 0 Å². The molecule has 2 aromatic rings. The molecule has 2 rings (SSSR count). The smallest absolute Gasteiger partial charge is 0.273 e. The van der Waals surface area contributed by atoms with Crippen molar-refractivity contribution in [2.45, 2.75) is 6.61 Å². The topological polar surface area (TPSA) is 81.5 Å². The zero-order chi connectivity index (χ0) is 15.2. The third-order valence-electron chi connectivity index (χ3n) is 2.85. The van der Waals surface area contributed by atoms with Crippen molar-refractivity contribution in [2.75, 3.05) is 7.05 Å². The highest BCUT2D eigenvalue weighted by Gasteiger charge is 2.07. The SMILES string of the molecule is CNC(=O)c1cccc(COc2cccc([N+](=O)[O-])c2)c1. The van der Waals surface area contributed by atoms with E-state index in [0.717, 1.165) is 5.56 Å². The second-order valence-corrected chi connectivity index (χ2v) is 4.32. The Kier molecular flexibility index (Phi) is 4.50. The Balaban J connectivity index is 2.08. The molecule has 1 amide bonds. The van der Waals surface area contributed by atoms with Gasteiger partial charge in [0.1, 0.15) is 12.4 Å². The van der Waals surface area contributed by atoms with Crippen molar-refractivity contribution < 1.29 is 14.5 Å². The molecule has 1 N–H and O–H groups in total. The Morgan fingerprint density at radius 2 is 2.00 bits per heavy atom. The molecule has 0 radical (unpaired) electrons. The molecule has 6 heteroatoms. The number of ether oxygens (including phenoxy) is 1. The minimum atomic E-state index is -0.473. The fourth-order valence-electron chi connectivity index (χ4n) is 1.80. The maximum atomic E-state index is 11.5. The van der Waals surface area contributed by atoms with Crippen molar-refractivity contribution in [3.63, 3.8) is 0 Å². The van der Waals surface area contributed by atoms with E-state index in [0.29, 0.717) is 11.3 Å². The largest absolute Gasteiger partial charge is 0.489 e. The Bertz CT molecular complexity index is 670. The molecular formula is C15H14N2O4. The molecule has 0 aromatic heterocycles. The minimum absolute atomic E-state index is 0.0217. The van der Waals surface area contributed by atoms with Crippen molar-refractivity contribution >= 4 is 11.6 Å². The van der Waals surface area contributed by atoms with Gasteiger partial charge in [0.2, 0.25) is 0 Å². The minimum Gasteiger partial charge on any atom is -0.489 e. The normalized spacial score (nSPS) is 9.95. The van der Waals surface area contributed by atoms with E-state index in [2.05, 4.69) is 5.32 Å². The van der Waals surface area contributed by atoms with Crippen LogP contribution in [0, 0.1) is 10.1 Å². The van der Waals surface area contributed by atoms with Gasteiger partial charge >= 0.3 is 0 Å². The predicted octanol–water partition coefficient (Wildman–Crippen LogP) is 2.53. The number of benzene rings is 2. The monoisotopic (exact) mass is 286 g/mol. The highest BCUT2D eigenvalue weighted by atomic mass is 16.6. The van der Waals surface area contributed by atoms with E-state index in [1.165, 1.54) is 12.1 Å². The van der Waals surface area contributed by atoms with Crippen molar-refractivity contribution in [2.24, 2.45) is 0 Å². The summed E-state index contributed by atoms with van der Waals surface area (Å²) in [5.74, 6) is 0.238. The summed E-state index contributed by atoms with van der Waals surface area (Å²) >= 11 is 0. The van der Waals surface area contributed by atoms with Crippen LogP contribution in [0.5, 0.6) is 5.75 Å². The van der Waals surface area contributed by atoms with E-state index >= 15 is 0 Å².